The lowest BCUT2D eigenvalue weighted by Crippen LogP contribution is -2.42. The highest BCUT2D eigenvalue weighted by atomic mass is 16.5. The molecule has 5 nitrogen and oxygen atoms in total. The van der Waals surface area contributed by atoms with Gasteiger partial charge in [-0.2, -0.15) is 0 Å². The van der Waals surface area contributed by atoms with Crippen molar-refractivity contribution in [3.8, 4) is 5.88 Å². The number of nitrogens with zero attached hydrogens (tertiary/aromatic N) is 1. The van der Waals surface area contributed by atoms with Crippen molar-refractivity contribution in [2.45, 2.75) is 39.8 Å². The van der Waals surface area contributed by atoms with E-state index in [1.165, 1.54) is 0 Å². The van der Waals surface area contributed by atoms with E-state index in [4.69, 9.17) is 4.74 Å². The largest absolute Gasteiger partial charge is 0.481 e. The van der Waals surface area contributed by atoms with Crippen LogP contribution in [0.5, 0.6) is 5.88 Å². The Morgan fingerprint density at radius 2 is 2.10 bits per heavy atom. The van der Waals surface area contributed by atoms with Crippen LogP contribution in [-0.2, 0) is 11.3 Å². The molecule has 20 heavy (non-hydrogen) atoms. The first-order valence-corrected chi connectivity index (χ1v) is 7.03. The number of hydrogen-bond acceptors (Lipinski definition) is 4. The normalized spacial score (nSPS) is 12.2. The summed E-state index contributed by atoms with van der Waals surface area (Å²) in [4.78, 5) is 16.0. The molecule has 1 aromatic rings. The lowest BCUT2D eigenvalue weighted by molar-refractivity contribution is -0.122. The summed E-state index contributed by atoms with van der Waals surface area (Å²) in [6.45, 7) is 7.49. The van der Waals surface area contributed by atoms with E-state index in [-0.39, 0.29) is 11.9 Å². The van der Waals surface area contributed by atoms with E-state index in [9.17, 15) is 4.79 Å². The Morgan fingerprint density at radius 1 is 1.35 bits per heavy atom. The molecule has 0 aromatic carbocycles. The van der Waals surface area contributed by atoms with Gasteiger partial charge in [0, 0.05) is 25.4 Å². The van der Waals surface area contributed by atoms with Gasteiger partial charge in [-0.25, -0.2) is 4.98 Å². The second kappa shape index (κ2) is 8.53. The fourth-order valence-electron chi connectivity index (χ4n) is 1.64. The molecule has 2 N–H and O–H groups in total. The number of aromatic nitrogens is 1. The summed E-state index contributed by atoms with van der Waals surface area (Å²) >= 11 is 0. The minimum Gasteiger partial charge on any atom is -0.481 e. The maximum absolute atomic E-state index is 11.8. The van der Waals surface area contributed by atoms with Crippen LogP contribution in [0.3, 0.4) is 0 Å². The van der Waals surface area contributed by atoms with Gasteiger partial charge in [-0.1, -0.05) is 19.9 Å². The number of rotatable bonds is 8. The first-order chi connectivity index (χ1) is 9.52. The Kier molecular flexibility index (Phi) is 7.01. The molecule has 1 rings (SSSR count). The van der Waals surface area contributed by atoms with Crippen molar-refractivity contribution >= 4 is 5.91 Å². The summed E-state index contributed by atoms with van der Waals surface area (Å²) in [5.41, 5.74) is 1.02. The van der Waals surface area contributed by atoms with Crippen LogP contribution in [0, 0.1) is 5.92 Å². The van der Waals surface area contributed by atoms with E-state index >= 15 is 0 Å². The van der Waals surface area contributed by atoms with E-state index in [0.717, 1.165) is 18.5 Å². The van der Waals surface area contributed by atoms with Gasteiger partial charge in [-0.05, 0) is 24.8 Å². The first kappa shape index (κ1) is 16.4. The van der Waals surface area contributed by atoms with Gasteiger partial charge in [0.15, 0.2) is 0 Å². The van der Waals surface area contributed by atoms with Crippen LogP contribution in [-0.4, -0.2) is 30.6 Å². The standard InChI is InChI=1S/C15H25N3O2/c1-11(2)7-8-16-15(19)12(3)17-9-13-5-6-14(20-4)18-10-13/h5-6,10-12,17H,7-9H2,1-4H3,(H,16,19). The third-order valence-corrected chi connectivity index (χ3v) is 3.03. The maximum atomic E-state index is 11.8. The second-order valence-corrected chi connectivity index (χ2v) is 5.28. The maximum Gasteiger partial charge on any atom is 0.236 e. The van der Waals surface area contributed by atoms with Gasteiger partial charge >= 0.3 is 0 Å². The predicted molar refractivity (Wildman–Crippen MR) is 79.6 cm³/mol. The molecule has 0 aliphatic carbocycles. The Balaban J connectivity index is 2.30. The summed E-state index contributed by atoms with van der Waals surface area (Å²) in [7, 11) is 1.59. The molecule has 0 radical (unpaired) electrons. The Hall–Kier alpha value is -1.62. The number of methoxy groups -OCH3 is 1. The highest BCUT2D eigenvalue weighted by Gasteiger charge is 2.11. The van der Waals surface area contributed by atoms with Crippen molar-refractivity contribution in [3.63, 3.8) is 0 Å². The van der Waals surface area contributed by atoms with Gasteiger partial charge in [-0.15, -0.1) is 0 Å². The molecule has 0 saturated heterocycles. The number of pyridine rings is 1. The van der Waals surface area contributed by atoms with Crippen LogP contribution >= 0.6 is 0 Å². The summed E-state index contributed by atoms with van der Waals surface area (Å²) < 4.78 is 5.00. The van der Waals surface area contributed by atoms with Crippen molar-refractivity contribution in [1.82, 2.24) is 15.6 Å². The lowest BCUT2D eigenvalue weighted by Gasteiger charge is -2.14. The van der Waals surface area contributed by atoms with Gasteiger partial charge in [0.25, 0.3) is 0 Å². The molecular weight excluding hydrogens is 254 g/mol. The molecule has 5 heteroatoms. The quantitative estimate of drug-likeness (QED) is 0.760. The molecule has 1 atom stereocenters. The number of amides is 1. The molecule has 0 spiro atoms. The third kappa shape index (κ3) is 6.02. The molecule has 0 aliphatic heterocycles. The van der Waals surface area contributed by atoms with Gasteiger partial charge < -0.3 is 15.4 Å². The van der Waals surface area contributed by atoms with E-state index in [1.807, 2.05) is 19.1 Å². The highest BCUT2D eigenvalue weighted by molar-refractivity contribution is 5.81. The average Bonchev–Trinajstić information content (AvgIpc) is 2.44. The molecule has 1 amide bonds. The summed E-state index contributed by atoms with van der Waals surface area (Å²) in [6.07, 6.45) is 2.75. The smallest absolute Gasteiger partial charge is 0.236 e. The molecule has 112 valence electrons. The third-order valence-electron chi connectivity index (χ3n) is 3.03. The van der Waals surface area contributed by atoms with Crippen molar-refractivity contribution < 1.29 is 9.53 Å². The second-order valence-electron chi connectivity index (χ2n) is 5.28. The van der Waals surface area contributed by atoms with Gasteiger partial charge in [0.2, 0.25) is 11.8 Å². The van der Waals surface area contributed by atoms with Crippen LogP contribution in [0.1, 0.15) is 32.8 Å². The molecule has 1 unspecified atom stereocenters. The van der Waals surface area contributed by atoms with Crippen molar-refractivity contribution in [2.24, 2.45) is 5.92 Å². The Labute approximate surface area is 121 Å². The summed E-state index contributed by atoms with van der Waals surface area (Å²) in [5, 5.41) is 6.11. The minimum atomic E-state index is -0.218. The Morgan fingerprint density at radius 3 is 2.65 bits per heavy atom. The Bertz CT molecular complexity index is 404. The molecule has 0 aliphatic rings. The van der Waals surface area contributed by atoms with Crippen LogP contribution < -0.4 is 15.4 Å². The monoisotopic (exact) mass is 279 g/mol. The molecule has 0 saturated carbocycles. The van der Waals surface area contributed by atoms with E-state index in [2.05, 4.69) is 29.5 Å². The number of hydrogen-bond donors (Lipinski definition) is 2. The van der Waals surface area contributed by atoms with E-state index < -0.39 is 0 Å². The van der Waals surface area contributed by atoms with Crippen molar-refractivity contribution in [2.75, 3.05) is 13.7 Å². The van der Waals surface area contributed by atoms with Gasteiger partial charge in [0.05, 0.1) is 13.2 Å². The fourth-order valence-corrected chi connectivity index (χ4v) is 1.64. The van der Waals surface area contributed by atoms with Crippen LogP contribution in [0.2, 0.25) is 0 Å². The van der Waals surface area contributed by atoms with E-state index in [1.54, 1.807) is 13.3 Å². The summed E-state index contributed by atoms with van der Waals surface area (Å²) in [6, 6.07) is 3.52. The molecule has 1 heterocycles. The molecular formula is C15H25N3O2. The SMILES string of the molecule is COc1ccc(CNC(C)C(=O)NCCC(C)C)cn1. The first-order valence-electron chi connectivity index (χ1n) is 7.03. The number of ether oxygens (including phenoxy) is 1. The molecule has 0 fully saturated rings. The number of nitrogens with one attached hydrogen (secondary N) is 2. The molecule has 0 bridgehead atoms. The van der Waals surface area contributed by atoms with Crippen LogP contribution in [0.25, 0.3) is 0 Å². The minimum absolute atomic E-state index is 0.0344. The highest BCUT2D eigenvalue weighted by Crippen LogP contribution is 2.06. The van der Waals surface area contributed by atoms with Crippen LogP contribution in [0.15, 0.2) is 18.3 Å². The number of carbonyl (C=O) groups excluding carboxylic acids is 1. The average molecular weight is 279 g/mol. The van der Waals surface area contributed by atoms with Crippen molar-refractivity contribution in [1.29, 1.82) is 0 Å². The zero-order valence-electron chi connectivity index (χ0n) is 12.8. The zero-order chi connectivity index (χ0) is 15.0. The zero-order valence-corrected chi connectivity index (χ0v) is 12.8. The van der Waals surface area contributed by atoms with E-state index in [0.29, 0.717) is 18.3 Å². The van der Waals surface area contributed by atoms with Gasteiger partial charge in [0.1, 0.15) is 0 Å². The summed E-state index contributed by atoms with van der Waals surface area (Å²) in [5.74, 6) is 1.23. The lowest BCUT2D eigenvalue weighted by atomic mass is 10.1. The van der Waals surface area contributed by atoms with Gasteiger partial charge in [-0.3, -0.25) is 4.79 Å². The number of carbonyl (C=O) groups is 1. The topological polar surface area (TPSA) is 63.2 Å². The van der Waals surface area contributed by atoms with Crippen LogP contribution in [0.4, 0.5) is 0 Å². The molecule has 1 aromatic heterocycles. The van der Waals surface area contributed by atoms with Crippen molar-refractivity contribution in [3.05, 3.63) is 23.9 Å². The fraction of sp³-hybridized carbons (Fsp3) is 0.600. The predicted octanol–water partition coefficient (Wildman–Crippen LogP) is 1.73.